The number of carbonyl (C=O) groups excluding carboxylic acids is 1. The largest absolute Gasteiger partial charge is 0.380 e. The highest BCUT2D eigenvalue weighted by molar-refractivity contribution is 7.90. The quantitative estimate of drug-likeness (QED) is 0.804. The molecule has 3 rings (SSSR count). The van der Waals surface area contributed by atoms with Gasteiger partial charge in [0.15, 0.2) is 0 Å². The van der Waals surface area contributed by atoms with Gasteiger partial charge in [0.25, 0.3) is 15.9 Å². The fourth-order valence-electron chi connectivity index (χ4n) is 2.93. The molecule has 1 heterocycles. The summed E-state index contributed by atoms with van der Waals surface area (Å²) in [6.07, 6.45) is 1.56. The number of amidine groups is 1. The van der Waals surface area contributed by atoms with Crippen LogP contribution in [0.1, 0.15) is 28.8 Å². The molecule has 1 amide bonds. The predicted octanol–water partition coefficient (Wildman–Crippen LogP) is 2.90. The molecular weight excluding hydrogens is 378 g/mol. The summed E-state index contributed by atoms with van der Waals surface area (Å²) in [6, 6.07) is 13.1. The van der Waals surface area contributed by atoms with Crippen LogP contribution in [0.25, 0.3) is 0 Å². The summed E-state index contributed by atoms with van der Waals surface area (Å²) in [5, 5.41) is 2.76. The Balaban J connectivity index is 1.69. The fourth-order valence-corrected chi connectivity index (χ4v) is 4.03. The van der Waals surface area contributed by atoms with E-state index in [9.17, 15) is 13.2 Å². The Bertz CT molecular complexity index is 968. The van der Waals surface area contributed by atoms with Gasteiger partial charge in [0.2, 0.25) is 0 Å². The molecule has 0 aliphatic carbocycles. The molecule has 0 bridgehead atoms. The Morgan fingerprint density at radius 3 is 2.39 bits per heavy atom. The SMILES string of the molecule is COCc1ccc(C(=O)Nc2ccc(S(=O)(=O)/N=C3/CCCN3C)cc2)cc1. The van der Waals surface area contributed by atoms with Gasteiger partial charge in [-0.25, -0.2) is 0 Å². The number of benzene rings is 2. The molecule has 7 nitrogen and oxygen atoms in total. The average molecular weight is 401 g/mol. The Kier molecular flexibility index (Phi) is 6.11. The van der Waals surface area contributed by atoms with Crippen LogP contribution in [0.3, 0.4) is 0 Å². The minimum atomic E-state index is -3.76. The van der Waals surface area contributed by atoms with Crippen molar-refractivity contribution in [3.8, 4) is 0 Å². The monoisotopic (exact) mass is 401 g/mol. The van der Waals surface area contributed by atoms with E-state index in [1.54, 1.807) is 31.4 Å². The third-order valence-electron chi connectivity index (χ3n) is 4.50. The number of anilines is 1. The fraction of sp³-hybridized carbons (Fsp3) is 0.300. The van der Waals surface area contributed by atoms with Gasteiger partial charge in [-0.3, -0.25) is 4.79 Å². The smallest absolute Gasteiger partial charge is 0.283 e. The van der Waals surface area contributed by atoms with E-state index in [2.05, 4.69) is 9.71 Å². The first kappa shape index (κ1) is 20.0. The highest BCUT2D eigenvalue weighted by Crippen LogP contribution is 2.19. The summed E-state index contributed by atoms with van der Waals surface area (Å²) in [7, 11) is -0.314. The lowest BCUT2D eigenvalue weighted by molar-refractivity contribution is 0.102. The average Bonchev–Trinajstić information content (AvgIpc) is 3.07. The van der Waals surface area contributed by atoms with Crippen molar-refractivity contribution in [2.45, 2.75) is 24.3 Å². The number of ether oxygens (including phenoxy) is 1. The second kappa shape index (κ2) is 8.53. The molecule has 28 heavy (non-hydrogen) atoms. The van der Waals surface area contributed by atoms with Crippen LogP contribution in [-0.4, -0.2) is 45.8 Å². The number of likely N-dealkylation sites (tertiary alicyclic amines) is 1. The molecule has 1 aliphatic heterocycles. The maximum Gasteiger partial charge on any atom is 0.283 e. The van der Waals surface area contributed by atoms with Crippen LogP contribution in [0.5, 0.6) is 0 Å². The molecule has 0 atom stereocenters. The van der Waals surface area contributed by atoms with Crippen molar-refractivity contribution in [1.29, 1.82) is 0 Å². The van der Waals surface area contributed by atoms with Gasteiger partial charge in [-0.1, -0.05) is 12.1 Å². The molecule has 0 spiro atoms. The molecule has 2 aromatic rings. The molecule has 8 heteroatoms. The molecule has 1 N–H and O–H groups in total. The van der Waals surface area contributed by atoms with Gasteiger partial charge < -0.3 is 15.0 Å². The van der Waals surface area contributed by atoms with Crippen molar-refractivity contribution in [3.63, 3.8) is 0 Å². The van der Waals surface area contributed by atoms with E-state index in [0.29, 0.717) is 30.1 Å². The van der Waals surface area contributed by atoms with E-state index < -0.39 is 10.0 Å². The van der Waals surface area contributed by atoms with Crippen molar-refractivity contribution >= 4 is 27.5 Å². The minimum absolute atomic E-state index is 0.0993. The van der Waals surface area contributed by atoms with E-state index in [1.807, 2.05) is 24.1 Å². The molecule has 148 valence electrons. The summed E-state index contributed by atoms with van der Waals surface area (Å²) in [5.41, 5.74) is 1.99. The van der Waals surface area contributed by atoms with Gasteiger partial charge in [-0.2, -0.15) is 8.42 Å². The second-order valence-electron chi connectivity index (χ2n) is 6.62. The molecule has 1 fully saturated rings. The van der Waals surface area contributed by atoms with E-state index in [0.717, 1.165) is 18.5 Å². The highest BCUT2D eigenvalue weighted by Gasteiger charge is 2.20. The number of hydrogen-bond donors (Lipinski definition) is 1. The first-order valence-electron chi connectivity index (χ1n) is 8.93. The van der Waals surface area contributed by atoms with E-state index in [4.69, 9.17) is 4.74 Å². The summed E-state index contributed by atoms with van der Waals surface area (Å²) in [4.78, 5) is 14.3. The molecular formula is C20H23N3O4S. The first-order chi connectivity index (χ1) is 13.4. The molecule has 1 saturated heterocycles. The standard InChI is InChI=1S/C20H23N3O4S/c1-23-13-3-4-19(23)22-28(25,26)18-11-9-17(10-12-18)21-20(24)16-7-5-15(6-8-16)14-27-2/h5-12H,3-4,13-14H2,1-2H3,(H,21,24)/b22-19-. The zero-order valence-corrected chi connectivity index (χ0v) is 16.7. The Morgan fingerprint density at radius 2 is 1.82 bits per heavy atom. The number of carbonyl (C=O) groups is 1. The zero-order chi connectivity index (χ0) is 20.1. The van der Waals surface area contributed by atoms with E-state index in [-0.39, 0.29) is 10.8 Å². The molecule has 1 aliphatic rings. The zero-order valence-electron chi connectivity index (χ0n) is 15.9. The molecule has 0 radical (unpaired) electrons. The first-order valence-corrected chi connectivity index (χ1v) is 10.4. The summed E-state index contributed by atoms with van der Waals surface area (Å²) >= 11 is 0. The van der Waals surface area contributed by atoms with Crippen LogP contribution >= 0.6 is 0 Å². The molecule has 0 unspecified atom stereocenters. The Morgan fingerprint density at radius 1 is 1.14 bits per heavy atom. The van der Waals surface area contributed by atoms with E-state index in [1.165, 1.54) is 12.1 Å². The minimum Gasteiger partial charge on any atom is -0.380 e. The van der Waals surface area contributed by atoms with Crippen molar-refractivity contribution in [2.75, 3.05) is 26.0 Å². The van der Waals surface area contributed by atoms with Gasteiger partial charge in [-0.05, 0) is 48.4 Å². The van der Waals surface area contributed by atoms with Crippen LogP contribution in [-0.2, 0) is 21.4 Å². The van der Waals surface area contributed by atoms with Crippen LogP contribution in [0.2, 0.25) is 0 Å². The molecule has 0 aromatic heterocycles. The van der Waals surface area contributed by atoms with Crippen molar-refractivity contribution in [2.24, 2.45) is 4.40 Å². The maximum absolute atomic E-state index is 12.5. The van der Waals surface area contributed by atoms with Gasteiger partial charge in [0, 0.05) is 38.4 Å². The Hall–Kier alpha value is -2.71. The number of hydrogen-bond acceptors (Lipinski definition) is 4. The van der Waals surface area contributed by atoms with Crippen LogP contribution in [0.15, 0.2) is 57.8 Å². The lowest BCUT2D eigenvalue weighted by Gasteiger charge is -2.11. The summed E-state index contributed by atoms with van der Waals surface area (Å²) in [5.74, 6) is 0.307. The number of sulfonamides is 1. The van der Waals surface area contributed by atoms with Crippen molar-refractivity contribution in [1.82, 2.24) is 4.90 Å². The number of amides is 1. The number of rotatable bonds is 6. The molecule has 2 aromatic carbocycles. The van der Waals surface area contributed by atoms with Crippen molar-refractivity contribution in [3.05, 3.63) is 59.7 Å². The number of nitrogens with zero attached hydrogens (tertiary/aromatic N) is 2. The molecule has 0 saturated carbocycles. The lowest BCUT2D eigenvalue weighted by atomic mass is 10.1. The highest BCUT2D eigenvalue weighted by atomic mass is 32.2. The van der Waals surface area contributed by atoms with Crippen molar-refractivity contribution < 1.29 is 17.9 Å². The van der Waals surface area contributed by atoms with Crippen LogP contribution in [0.4, 0.5) is 5.69 Å². The third-order valence-corrected chi connectivity index (χ3v) is 5.82. The Labute approximate surface area is 165 Å². The van der Waals surface area contributed by atoms with Gasteiger partial charge in [-0.15, -0.1) is 4.40 Å². The van der Waals surface area contributed by atoms with Gasteiger partial charge >= 0.3 is 0 Å². The van der Waals surface area contributed by atoms with Crippen LogP contribution < -0.4 is 5.32 Å². The van der Waals surface area contributed by atoms with Gasteiger partial charge in [0.05, 0.1) is 11.5 Å². The van der Waals surface area contributed by atoms with Crippen LogP contribution in [0, 0.1) is 0 Å². The van der Waals surface area contributed by atoms with E-state index >= 15 is 0 Å². The second-order valence-corrected chi connectivity index (χ2v) is 8.22. The predicted molar refractivity (Wildman–Crippen MR) is 108 cm³/mol. The lowest BCUT2D eigenvalue weighted by Crippen LogP contribution is -2.20. The summed E-state index contributed by atoms with van der Waals surface area (Å²) < 4.78 is 33.9. The topological polar surface area (TPSA) is 88.1 Å². The number of methoxy groups -OCH3 is 1. The summed E-state index contributed by atoms with van der Waals surface area (Å²) in [6.45, 7) is 1.30. The maximum atomic E-state index is 12.5. The third kappa shape index (κ3) is 4.76. The number of nitrogens with one attached hydrogen (secondary N) is 1. The normalized spacial score (nSPS) is 15.8. The van der Waals surface area contributed by atoms with Gasteiger partial charge in [0.1, 0.15) is 5.84 Å².